The molecule has 0 bridgehead atoms. The zero-order valence-corrected chi connectivity index (χ0v) is 20.5. The van der Waals surface area contributed by atoms with Gasteiger partial charge in [0.15, 0.2) is 11.6 Å². The number of methoxy groups -OCH3 is 1. The average molecular weight is 505 g/mol. The van der Waals surface area contributed by atoms with Gasteiger partial charge in [-0.15, -0.1) is 0 Å². The predicted octanol–water partition coefficient (Wildman–Crippen LogP) is 4.98. The highest BCUT2D eigenvalue weighted by Gasteiger charge is 2.33. The molecule has 3 rings (SSSR count). The second kappa shape index (κ2) is 11.2. The maximum atomic E-state index is 13.5. The van der Waals surface area contributed by atoms with E-state index >= 15 is 0 Å². The molecular formula is C24H27F3N6O3. The molecule has 0 radical (unpaired) electrons. The molecule has 0 unspecified atom stereocenters. The molecule has 0 saturated heterocycles. The van der Waals surface area contributed by atoms with Gasteiger partial charge >= 0.3 is 12.2 Å². The molecule has 0 atom stereocenters. The van der Waals surface area contributed by atoms with Crippen LogP contribution in [-0.2, 0) is 12.7 Å². The molecule has 0 aliphatic rings. The number of alkyl halides is 3. The number of ether oxygens (including phenoxy) is 2. The minimum absolute atomic E-state index is 0.00489. The third-order valence-electron chi connectivity index (χ3n) is 4.96. The van der Waals surface area contributed by atoms with E-state index in [4.69, 9.17) is 9.47 Å². The summed E-state index contributed by atoms with van der Waals surface area (Å²) in [4.78, 5) is 27.0. The first-order chi connectivity index (χ1) is 17.0. The Morgan fingerprint density at radius 3 is 2.47 bits per heavy atom. The summed E-state index contributed by atoms with van der Waals surface area (Å²) >= 11 is 0. The molecule has 0 aliphatic heterocycles. The first kappa shape index (κ1) is 26.7. The molecule has 0 saturated carbocycles. The van der Waals surface area contributed by atoms with Crippen molar-refractivity contribution in [3.63, 3.8) is 0 Å². The van der Waals surface area contributed by atoms with E-state index in [1.165, 1.54) is 31.6 Å². The summed E-state index contributed by atoms with van der Waals surface area (Å²) in [5, 5.41) is 5.00. The monoisotopic (exact) mass is 504 g/mol. The van der Waals surface area contributed by atoms with Crippen molar-refractivity contribution >= 4 is 17.4 Å². The van der Waals surface area contributed by atoms with Gasteiger partial charge in [0, 0.05) is 24.0 Å². The van der Waals surface area contributed by atoms with Crippen LogP contribution in [0.1, 0.15) is 23.7 Å². The van der Waals surface area contributed by atoms with Gasteiger partial charge in [-0.05, 0) is 51.7 Å². The largest absolute Gasteiger partial charge is 0.488 e. The number of aryl methyl sites for hydroxylation is 1. The number of pyridine rings is 1. The maximum Gasteiger partial charge on any atom is 0.416 e. The Balaban J connectivity index is 1.76. The first-order valence-electron chi connectivity index (χ1n) is 11.0. The number of nitrogens with zero attached hydrogens (tertiary/aromatic N) is 4. The van der Waals surface area contributed by atoms with Crippen molar-refractivity contribution in [2.45, 2.75) is 26.6 Å². The minimum atomic E-state index is -4.56. The molecule has 1 aromatic carbocycles. The second-order valence-electron chi connectivity index (χ2n) is 8.04. The van der Waals surface area contributed by atoms with Crippen molar-refractivity contribution in [2.24, 2.45) is 0 Å². The quantitative estimate of drug-likeness (QED) is 0.446. The molecular weight excluding hydrogens is 477 g/mol. The van der Waals surface area contributed by atoms with E-state index in [0.717, 1.165) is 6.07 Å². The Bertz CT molecular complexity index is 1230. The third kappa shape index (κ3) is 6.60. The molecule has 3 aromatic rings. The van der Waals surface area contributed by atoms with Crippen LogP contribution in [0, 0.1) is 6.92 Å². The Morgan fingerprint density at radius 1 is 1.11 bits per heavy atom. The fourth-order valence-electron chi connectivity index (χ4n) is 3.38. The van der Waals surface area contributed by atoms with Crippen LogP contribution in [0.2, 0.25) is 0 Å². The van der Waals surface area contributed by atoms with Crippen molar-refractivity contribution in [3.8, 4) is 23.0 Å². The number of benzene rings is 1. The second-order valence-corrected chi connectivity index (χ2v) is 8.04. The van der Waals surface area contributed by atoms with E-state index in [2.05, 4.69) is 25.6 Å². The Labute approximate surface area is 206 Å². The molecule has 2 amide bonds. The smallest absolute Gasteiger partial charge is 0.416 e. The molecule has 0 fully saturated rings. The number of amides is 2. The lowest BCUT2D eigenvalue weighted by Crippen LogP contribution is -2.22. The Morgan fingerprint density at radius 2 is 1.86 bits per heavy atom. The van der Waals surface area contributed by atoms with Crippen LogP contribution in [0.15, 0.2) is 36.7 Å². The molecule has 2 N–H and O–H groups in total. The number of hydrogen-bond acceptors (Lipinski definition) is 7. The lowest BCUT2D eigenvalue weighted by Gasteiger charge is -2.18. The highest BCUT2D eigenvalue weighted by molar-refractivity contribution is 6.00. The van der Waals surface area contributed by atoms with Crippen LogP contribution in [0.25, 0.3) is 11.4 Å². The van der Waals surface area contributed by atoms with Crippen molar-refractivity contribution in [1.82, 2.24) is 19.9 Å². The fourth-order valence-corrected chi connectivity index (χ4v) is 3.38. The van der Waals surface area contributed by atoms with E-state index in [9.17, 15) is 18.0 Å². The number of rotatable bonds is 8. The lowest BCUT2D eigenvalue weighted by atomic mass is 10.1. The number of halogens is 3. The van der Waals surface area contributed by atoms with Crippen molar-refractivity contribution in [2.75, 3.05) is 38.4 Å². The third-order valence-corrected chi connectivity index (χ3v) is 4.96. The number of carbonyl (C=O) groups is 1. The summed E-state index contributed by atoms with van der Waals surface area (Å²) in [6, 6.07) is 4.65. The molecule has 0 spiro atoms. The highest BCUT2D eigenvalue weighted by Crippen LogP contribution is 2.34. The molecule has 2 heterocycles. The highest BCUT2D eigenvalue weighted by atomic mass is 19.4. The van der Waals surface area contributed by atoms with Crippen LogP contribution in [0.5, 0.6) is 11.6 Å². The van der Waals surface area contributed by atoms with Gasteiger partial charge in [-0.25, -0.2) is 19.7 Å². The number of nitrogens with one attached hydrogen (secondary N) is 2. The average Bonchev–Trinajstić information content (AvgIpc) is 2.80. The molecule has 36 heavy (non-hydrogen) atoms. The van der Waals surface area contributed by atoms with E-state index in [-0.39, 0.29) is 17.8 Å². The van der Waals surface area contributed by atoms with E-state index < -0.39 is 17.8 Å². The Kier molecular flexibility index (Phi) is 8.30. The van der Waals surface area contributed by atoms with E-state index in [0.29, 0.717) is 41.0 Å². The molecule has 12 heteroatoms. The maximum absolute atomic E-state index is 13.5. The zero-order chi connectivity index (χ0) is 26.5. The number of hydrogen-bond donors (Lipinski definition) is 2. The van der Waals surface area contributed by atoms with Gasteiger partial charge in [0.25, 0.3) is 5.88 Å². The summed E-state index contributed by atoms with van der Waals surface area (Å²) in [5.41, 5.74) is 0.626. The van der Waals surface area contributed by atoms with Crippen molar-refractivity contribution < 1.29 is 27.4 Å². The van der Waals surface area contributed by atoms with Crippen LogP contribution in [0.4, 0.5) is 29.3 Å². The summed E-state index contributed by atoms with van der Waals surface area (Å²) in [7, 11) is 4.84. The SMILES string of the molecule is CCOc1cc(-c2ncc(NC(=O)Nc3ccc(CN(C)C)c(C(F)(F)F)c3)c(C)n2)cnc1OC. The van der Waals surface area contributed by atoms with Gasteiger partial charge in [-0.2, -0.15) is 13.2 Å². The van der Waals surface area contributed by atoms with Crippen molar-refractivity contribution in [3.05, 3.63) is 53.5 Å². The van der Waals surface area contributed by atoms with Crippen LogP contribution in [0.3, 0.4) is 0 Å². The summed E-state index contributed by atoms with van der Waals surface area (Å²) in [6.07, 6.45) is -1.62. The number of urea groups is 1. The number of anilines is 2. The predicted molar refractivity (Wildman–Crippen MR) is 129 cm³/mol. The van der Waals surface area contributed by atoms with E-state index in [1.807, 2.05) is 6.92 Å². The number of aromatic nitrogens is 3. The van der Waals surface area contributed by atoms with Gasteiger partial charge in [0.2, 0.25) is 0 Å². The van der Waals surface area contributed by atoms with Crippen molar-refractivity contribution in [1.29, 1.82) is 0 Å². The zero-order valence-electron chi connectivity index (χ0n) is 20.5. The van der Waals surface area contributed by atoms with Gasteiger partial charge < -0.3 is 25.0 Å². The fraction of sp³-hybridized carbons (Fsp3) is 0.333. The minimum Gasteiger partial charge on any atom is -0.488 e. The summed E-state index contributed by atoms with van der Waals surface area (Å²) in [5.74, 6) is 1.12. The molecule has 0 aliphatic carbocycles. The molecule has 2 aromatic heterocycles. The number of carbonyl (C=O) groups excluding carboxylic acids is 1. The van der Waals surface area contributed by atoms with Crippen LogP contribution in [-0.4, -0.2) is 53.7 Å². The van der Waals surface area contributed by atoms with E-state index in [1.54, 1.807) is 32.0 Å². The van der Waals surface area contributed by atoms with Gasteiger partial charge in [0.05, 0.1) is 36.9 Å². The van der Waals surface area contributed by atoms with Crippen LogP contribution >= 0.6 is 0 Å². The summed E-state index contributed by atoms with van der Waals surface area (Å²) in [6.45, 7) is 4.03. The van der Waals surface area contributed by atoms with Crippen LogP contribution < -0.4 is 20.1 Å². The molecule has 9 nitrogen and oxygen atoms in total. The van der Waals surface area contributed by atoms with Gasteiger partial charge in [0.1, 0.15) is 0 Å². The normalized spacial score (nSPS) is 11.4. The lowest BCUT2D eigenvalue weighted by molar-refractivity contribution is -0.138. The topological polar surface area (TPSA) is 102 Å². The Hall–Kier alpha value is -3.93. The first-order valence-corrected chi connectivity index (χ1v) is 11.0. The molecule has 192 valence electrons. The standard InChI is InChI=1S/C24H27F3N6O3/c1-6-36-20-9-16(11-29-22(20)35-5)21-28-12-19(14(2)30-21)32-23(34)31-17-8-7-15(13-33(3)4)18(10-17)24(25,26)27/h7-12H,6,13H2,1-5H3,(H2,31,32,34). The van der Waals surface area contributed by atoms with Gasteiger partial charge in [-0.3, -0.25) is 0 Å². The summed E-state index contributed by atoms with van der Waals surface area (Å²) < 4.78 is 51.3. The van der Waals surface area contributed by atoms with Gasteiger partial charge in [-0.1, -0.05) is 6.07 Å².